The molecular formula is C17H31N3O3. The normalized spacial score (nSPS) is 26.9. The van der Waals surface area contributed by atoms with E-state index >= 15 is 0 Å². The van der Waals surface area contributed by atoms with Crippen molar-refractivity contribution in [3.8, 4) is 0 Å². The van der Waals surface area contributed by atoms with E-state index in [1.165, 1.54) is 12.8 Å². The van der Waals surface area contributed by atoms with Gasteiger partial charge in [-0.05, 0) is 45.6 Å². The number of hydrogen-bond donors (Lipinski definition) is 1. The summed E-state index contributed by atoms with van der Waals surface area (Å²) in [6.45, 7) is 6.91. The average Bonchev–Trinajstić information content (AvgIpc) is 2.56. The van der Waals surface area contributed by atoms with Gasteiger partial charge in [0.1, 0.15) is 0 Å². The van der Waals surface area contributed by atoms with Crippen molar-refractivity contribution in [3.05, 3.63) is 0 Å². The summed E-state index contributed by atoms with van der Waals surface area (Å²) in [6.07, 6.45) is 4.50. The van der Waals surface area contributed by atoms with Gasteiger partial charge in [-0.3, -0.25) is 14.5 Å². The summed E-state index contributed by atoms with van der Waals surface area (Å²) in [4.78, 5) is 28.3. The number of rotatable bonds is 5. The zero-order chi connectivity index (χ0) is 16.8. The lowest BCUT2D eigenvalue weighted by Gasteiger charge is -2.32. The zero-order valence-electron chi connectivity index (χ0n) is 14.7. The van der Waals surface area contributed by atoms with Gasteiger partial charge in [0.05, 0.1) is 25.8 Å². The first-order valence-corrected chi connectivity index (χ1v) is 8.83. The smallest absolute Gasteiger partial charge is 0.237 e. The molecule has 23 heavy (non-hydrogen) atoms. The monoisotopic (exact) mass is 325 g/mol. The van der Waals surface area contributed by atoms with E-state index in [0.717, 1.165) is 18.8 Å². The fourth-order valence-corrected chi connectivity index (χ4v) is 3.19. The van der Waals surface area contributed by atoms with Gasteiger partial charge in [0.15, 0.2) is 0 Å². The molecule has 132 valence electrons. The minimum atomic E-state index is -0.292. The van der Waals surface area contributed by atoms with Gasteiger partial charge in [0.25, 0.3) is 0 Å². The number of nitrogens with one attached hydrogen (secondary N) is 1. The molecule has 1 heterocycles. The maximum Gasteiger partial charge on any atom is 0.237 e. The van der Waals surface area contributed by atoms with Gasteiger partial charge in [-0.2, -0.15) is 0 Å². The van der Waals surface area contributed by atoms with Crippen molar-refractivity contribution in [2.75, 3.05) is 39.9 Å². The Balaban J connectivity index is 1.75. The summed E-state index contributed by atoms with van der Waals surface area (Å²) in [5.74, 6) is 0.873. The molecule has 2 aliphatic rings. The fraction of sp³-hybridized carbons (Fsp3) is 0.882. The van der Waals surface area contributed by atoms with Gasteiger partial charge in [-0.1, -0.05) is 6.92 Å². The Morgan fingerprint density at radius 3 is 2.43 bits per heavy atom. The van der Waals surface area contributed by atoms with E-state index in [0.29, 0.717) is 32.3 Å². The summed E-state index contributed by atoms with van der Waals surface area (Å²) in [5.41, 5.74) is 0. The summed E-state index contributed by atoms with van der Waals surface area (Å²) in [7, 11) is 1.84. The standard InChI is InChI=1S/C17H31N3O3/c1-13-4-6-15(7-5-13)18-17(22)14(2)19(3)12-16(21)20-8-10-23-11-9-20/h13-15H,4-12H2,1-3H3,(H,18,22). The lowest BCUT2D eigenvalue weighted by atomic mass is 9.87. The highest BCUT2D eigenvalue weighted by atomic mass is 16.5. The molecule has 1 atom stereocenters. The number of likely N-dealkylation sites (N-methyl/N-ethyl adjacent to an activating group) is 1. The molecule has 2 fully saturated rings. The zero-order valence-corrected chi connectivity index (χ0v) is 14.7. The highest BCUT2D eigenvalue weighted by molar-refractivity contribution is 5.83. The fourth-order valence-electron chi connectivity index (χ4n) is 3.19. The van der Waals surface area contributed by atoms with Crippen LogP contribution in [0.2, 0.25) is 0 Å². The van der Waals surface area contributed by atoms with Crippen LogP contribution >= 0.6 is 0 Å². The third-order valence-electron chi connectivity index (χ3n) is 5.15. The summed E-state index contributed by atoms with van der Waals surface area (Å²) >= 11 is 0. The first-order valence-electron chi connectivity index (χ1n) is 8.83. The van der Waals surface area contributed by atoms with Gasteiger partial charge >= 0.3 is 0 Å². The van der Waals surface area contributed by atoms with Crippen LogP contribution in [0.25, 0.3) is 0 Å². The Labute approximate surface area is 139 Å². The van der Waals surface area contributed by atoms with Crippen molar-refractivity contribution in [2.24, 2.45) is 5.92 Å². The molecule has 0 radical (unpaired) electrons. The topological polar surface area (TPSA) is 61.9 Å². The van der Waals surface area contributed by atoms with Crippen molar-refractivity contribution in [2.45, 2.75) is 51.6 Å². The number of morpholine rings is 1. The van der Waals surface area contributed by atoms with Gasteiger partial charge in [-0.15, -0.1) is 0 Å². The van der Waals surface area contributed by atoms with Crippen molar-refractivity contribution in [3.63, 3.8) is 0 Å². The molecule has 0 aromatic heterocycles. The molecular weight excluding hydrogens is 294 g/mol. The van der Waals surface area contributed by atoms with Crippen LogP contribution in [0.15, 0.2) is 0 Å². The third kappa shape index (κ3) is 5.46. The first-order chi connectivity index (χ1) is 11.0. The van der Waals surface area contributed by atoms with E-state index in [4.69, 9.17) is 4.74 Å². The lowest BCUT2D eigenvalue weighted by Crippen LogP contribution is -2.51. The molecule has 1 aliphatic heterocycles. The molecule has 2 amide bonds. The average molecular weight is 325 g/mol. The Bertz CT molecular complexity index is 402. The minimum Gasteiger partial charge on any atom is -0.378 e. The summed E-state index contributed by atoms with van der Waals surface area (Å²) in [6, 6.07) is 0.00355. The van der Waals surface area contributed by atoms with Gasteiger partial charge < -0.3 is 15.0 Å². The Morgan fingerprint density at radius 2 is 1.83 bits per heavy atom. The quantitative estimate of drug-likeness (QED) is 0.814. The highest BCUT2D eigenvalue weighted by Crippen LogP contribution is 2.23. The summed E-state index contributed by atoms with van der Waals surface area (Å²) in [5, 5.41) is 3.15. The van der Waals surface area contributed by atoms with Gasteiger partial charge in [0, 0.05) is 19.1 Å². The molecule has 0 aromatic rings. The second-order valence-electron chi connectivity index (χ2n) is 7.05. The van der Waals surface area contributed by atoms with Crippen molar-refractivity contribution >= 4 is 11.8 Å². The van der Waals surface area contributed by atoms with Gasteiger partial charge in [0.2, 0.25) is 11.8 Å². The molecule has 1 saturated carbocycles. The van der Waals surface area contributed by atoms with E-state index < -0.39 is 0 Å². The van der Waals surface area contributed by atoms with Crippen molar-refractivity contribution in [1.82, 2.24) is 15.1 Å². The SMILES string of the molecule is CC1CCC(NC(=O)C(C)N(C)CC(=O)N2CCOCC2)CC1. The molecule has 1 N–H and O–H groups in total. The Hall–Kier alpha value is -1.14. The largest absolute Gasteiger partial charge is 0.378 e. The van der Waals surface area contributed by atoms with E-state index in [-0.39, 0.29) is 24.4 Å². The van der Waals surface area contributed by atoms with Crippen LogP contribution in [0.1, 0.15) is 39.5 Å². The van der Waals surface area contributed by atoms with E-state index in [9.17, 15) is 9.59 Å². The molecule has 0 spiro atoms. The number of ether oxygens (including phenoxy) is 1. The predicted molar refractivity (Wildman–Crippen MR) is 89.1 cm³/mol. The maximum atomic E-state index is 12.4. The highest BCUT2D eigenvalue weighted by Gasteiger charge is 2.26. The number of hydrogen-bond acceptors (Lipinski definition) is 4. The van der Waals surface area contributed by atoms with Crippen LogP contribution in [-0.4, -0.2) is 73.6 Å². The Morgan fingerprint density at radius 1 is 1.22 bits per heavy atom. The maximum absolute atomic E-state index is 12.4. The molecule has 1 saturated heterocycles. The van der Waals surface area contributed by atoms with Gasteiger partial charge in [-0.25, -0.2) is 0 Å². The van der Waals surface area contributed by atoms with Crippen LogP contribution < -0.4 is 5.32 Å². The van der Waals surface area contributed by atoms with E-state index in [1.54, 1.807) is 0 Å². The minimum absolute atomic E-state index is 0.0295. The van der Waals surface area contributed by atoms with E-state index in [1.807, 2.05) is 23.8 Å². The third-order valence-corrected chi connectivity index (χ3v) is 5.15. The molecule has 0 aromatic carbocycles. The van der Waals surface area contributed by atoms with Crippen molar-refractivity contribution in [1.29, 1.82) is 0 Å². The number of amides is 2. The molecule has 0 bridgehead atoms. The van der Waals surface area contributed by atoms with Crippen LogP contribution in [0, 0.1) is 5.92 Å². The van der Waals surface area contributed by atoms with Crippen LogP contribution in [0.5, 0.6) is 0 Å². The molecule has 1 unspecified atom stereocenters. The molecule has 6 nitrogen and oxygen atoms in total. The van der Waals surface area contributed by atoms with Crippen molar-refractivity contribution < 1.29 is 14.3 Å². The number of nitrogens with zero attached hydrogens (tertiary/aromatic N) is 2. The number of carbonyl (C=O) groups excluding carboxylic acids is 2. The van der Waals surface area contributed by atoms with E-state index in [2.05, 4.69) is 12.2 Å². The van der Waals surface area contributed by atoms with Crippen LogP contribution in [-0.2, 0) is 14.3 Å². The second-order valence-corrected chi connectivity index (χ2v) is 7.05. The van der Waals surface area contributed by atoms with Crippen LogP contribution in [0.3, 0.4) is 0 Å². The Kier molecular flexibility index (Phi) is 6.84. The molecule has 6 heteroatoms. The molecule has 2 rings (SSSR count). The molecule has 1 aliphatic carbocycles. The summed E-state index contributed by atoms with van der Waals surface area (Å²) < 4.78 is 5.26. The number of carbonyl (C=O) groups is 2. The predicted octanol–water partition coefficient (Wildman–Crippen LogP) is 0.860. The second kappa shape index (κ2) is 8.64. The lowest BCUT2D eigenvalue weighted by molar-refractivity contribution is -0.137. The first kappa shape index (κ1) is 18.2. The van der Waals surface area contributed by atoms with Crippen LogP contribution in [0.4, 0.5) is 0 Å².